The molecular weight excluding hydrogens is 266 g/mol. The molecule has 1 rings (SSSR count). The average molecular weight is 286 g/mol. The van der Waals surface area contributed by atoms with Crippen molar-refractivity contribution in [2.75, 3.05) is 20.3 Å². The first-order valence-electron chi connectivity index (χ1n) is 6.14. The number of hydrogen-bond acceptors (Lipinski definition) is 3. The van der Waals surface area contributed by atoms with E-state index < -0.39 is 5.54 Å². The molecule has 0 saturated carbocycles. The maximum absolute atomic E-state index is 12.0. The van der Waals surface area contributed by atoms with Gasteiger partial charge in [0, 0.05) is 18.7 Å². The van der Waals surface area contributed by atoms with Crippen LogP contribution < -0.4 is 5.32 Å². The maximum atomic E-state index is 12.0. The first-order valence-corrected chi connectivity index (χ1v) is 6.52. The van der Waals surface area contributed by atoms with Gasteiger partial charge in [-0.25, -0.2) is 0 Å². The predicted molar refractivity (Wildman–Crippen MR) is 75.3 cm³/mol. The number of benzene rings is 1. The molecule has 0 saturated heterocycles. The third-order valence-corrected chi connectivity index (χ3v) is 3.10. The molecule has 0 bridgehead atoms. The molecule has 1 atom stereocenters. The van der Waals surface area contributed by atoms with Gasteiger partial charge >= 0.3 is 0 Å². The number of nitrogens with one attached hydrogen (secondary N) is 1. The maximum Gasteiger partial charge on any atom is 0.224 e. The van der Waals surface area contributed by atoms with E-state index in [1.807, 2.05) is 19.1 Å². The number of methoxy groups -OCH3 is 1. The molecule has 0 heterocycles. The molecule has 0 spiro atoms. The standard InChI is InChI=1S/C14H20ClNO3/c1-14(7-8-17,10-19-2)16-13(18)9-11-3-5-12(15)6-4-11/h3-6,17H,7-10H2,1-2H3,(H,16,18). The highest BCUT2D eigenvalue weighted by molar-refractivity contribution is 6.30. The van der Waals surface area contributed by atoms with Crippen LogP contribution in [-0.2, 0) is 16.0 Å². The van der Waals surface area contributed by atoms with Crippen LogP contribution in [0.1, 0.15) is 18.9 Å². The van der Waals surface area contributed by atoms with Crippen LogP contribution in [0.3, 0.4) is 0 Å². The van der Waals surface area contributed by atoms with Gasteiger partial charge in [0.25, 0.3) is 0 Å². The Bertz CT molecular complexity index is 400. The predicted octanol–water partition coefficient (Wildman–Crippen LogP) is 1.79. The number of aliphatic hydroxyl groups is 1. The summed E-state index contributed by atoms with van der Waals surface area (Å²) < 4.78 is 5.08. The number of carbonyl (C=O) groups excluding carboxylic acids is 1. The van der Waals surface area contributed by atoms with Crippen molar-refractivity contribution in [1.29, 1.82) is 0 Å². The molecule has 1 amide bonds. The number of hydrogen-bond donors (Lipinski definition) is 2. The lowest BCUT2D eigenvalue weighted by molar-refractivity contribution is -0.123. The lowest BCUT2D eigenvalue weighted by Gasteiger charge is -2.29. The average Bonchev–Trinajstić information content (AvgIpc) is 2.32. The van der Waals surface area contributed by atoms with Gasteiger partial charge in [-0.15, -0.1) is 0 Å². The van der Waals surface area contributed by atoms with Gasteiger partial charge in [0.05, 0.1) is 18.6 Å². The van der Waals surface area contributed by atoms with Gasteiger partial charge in [0.2, 0.25) is 5.91 Å². The van der Waals surface area contributed by atoms with Crippen LogP contribution in [0.2, 0.25) is 5.02 Å². The number of halogens is 1. The van der Waals surface area contributed by atoms with Crippen molar-refractivity contribution in [1.82, 2.24) is 5.32 Å². The van der Waals surface area contributed by atoms with Crippen LogP contribution in [-0.4, -0.2) is 36.9 Å². The minimum absolute atomic E-state index is 0.00108. The molecule has 2 N–H and O–H groups in total. The lowest BCUT2D eigenvalue weighted by atomic mass is 9.98. The quantitative estimate of drug-likeness (QED) is 0.803. The van der Waals surface area contributed by atoms with Crippen molar-refractivity contribution in [3.05, 3.63) is 34.9 Å². The molecule has 5 heteroatoms. The monoisotopic (exact) mass is 285 g/mol. The summed E-state index contributed by atoms with van der Waals surface area (Å²) in [5, 5.41) is 12.6. The van der Waals surface area contributed by atoms with E-state index in [2.05, 4.69) is 5.32 Å². The van der Waals surface area contributed by atoms with Crippen LogP contribution >= 0.6 is 11.6 Å². The number of ether oxygens (including phenoxy) is 1. The first-order chi connectivity index (χ1) is 8.99. The fourth-order valence-electron chi connectivity index (χ4n) is 1.90. The van der Waals surface area contributed by atoms with E-state index in [1.165, 1.54) is 0 Å². The normalized spacial score (nSPS) is 13.9. The summed E-state index contributed by atoms with van der Waals surface area (Å²) in [7, 11) is 1.57. The number of rotatable bonds is 7. The minimum Gasteiger partial charge on any atom is -0.396 e. The van der Waals surface area contributed by atoms with Crippen molar-refractivity contribution < 1.29 is 14.6 Å². The number of aliphatic hydroxyl groups excluding tert-OH is 1. The van der Waals surface area contributed by atoms with Crippen molar-refractivity contribution in [2.45, 2.75) is 25.3 Å². The molecule has 0 aliphatic rings. The third kappa shape index (κ3) is 5.59. The van der Waals surface area contributed by atoms with E-state index in [9.17, 15) is 4.79 Å². The minimum atomic E-state index is -0.549. The van der Waals surface area contributed by atoms with Gasteiger partial charge < -0.3 is 15.2 Å². The molecule has 0 aromatic heterocycles. The molecule has 1 aromatic rings. The number of carbonyl (C=O) groups is 1. The molecule has 0 fully saturated rings. The van der Waals surface area contributed by atoms with Crippen LogP contribution in [0.15, 0.2) is 24.3 Å². The Morgan fingerprint density at radius 1 is 1.42 bits per heavy atom. The summed E-state index contributed by atoms with van der Waals surface area (Å²) in [4.78, 5) is 12.0. The van der Waals surface area contributed by atoms with E-state index in [0.717, 1.165) is 5.56 Å². The van der Waals surface area contributed by atoms with E-state index in [4.69, 9.17) is 21.4 Å². The summed E-state index contributed by atoms with van der Waals surface area (Å²) >= 11 is 5.79. The summed E-state index contributed by atoms with van der Waals surface area (Å²) in [5.74, 6) is -0.102. The van der Waals surface area contributed by atoms with E-state index in [-0.39, 0.29) is 18.9 Å². The molecule has 19 heavy (non-hydrogen) atoms. The van der Waals surface area contributed by atoms with Gasteiger partial charge in [-0.3, -0.25) is 4.79 Å². The molecule has 4 nitrogen and oxygen atoms in total. The zero-order valence-corrected chi connectivity index (χ0v) is 12.0. The van der Waals surface area contributed by atoms with E-state index in [0.29, 0.717) is 18.1 Å². The van der Waals surface area contributed by atoms with Gasteiger partial charge in [0.1, 0.15) is 0 Å². The Kier molecular flexibility index (Phi) is 6.28. The highest BCUT2D eigenvalue weighted by Gasteiger charge is 2.25. The molecule has 106 valence electrons. The Morgan fingerprint density at radius 2 is 2.05 bits per heavy atom. The summed E-state index contributed by atoms with van der Waals surface area (Å²) in [6.07, 6.45) is 0.731. The van der Waals surface area contributed by atoms with Gasteiger partial charge in [-0.1, -0.05) is 23.7 Å². The molecule has 1 aromatic carbocycles. The zero-order chi connectivity index (χ0) is 14.3. The van der Waals surface area contributed by atoms with E-state index in [1.54, 1.807) is 19.2 Å². The lowest BCUT2D eigenvalue weighted by Crippen LogP contribution is -2.50. The van der Waals surface area contributed by atoms with Crippen molar-refractivity contribution in [3.63, 3.8) is 0 Å². The highest BCUT2D eigenvalue weighted by Crippen LogP contribution is 2.12. The topological polar surface area (TPSA) is 58.6 Å². The van der Waals surface area contributed by atoms with Crippen LogP contribution in [0.4, 0.5) is 0 Å². The molecule has 1 unspecified atom stereocenters. The third-order valence-electron chi connectivity index (χ3n) is 2.85. The zero-order valence-electron chi connectivity index (χ0n) is 11.3. The molecule has 0 radical (unpaired) electrons. The highest BCUT2D eigenvalue weighted by atomic mass is 35.5. The van der Waals surface area contributed by atoms with Crippen molar-refractivity contribution in [2.24, 2.45) is 0 Å². The summed E-state index contributed by atoms with van der Waals surface area (Å²) in [6.45, 7) is 2.22. The van der Waals surface area contributed by atoms with Gasteiger partial charge in [-0.05, 0) is 31.0 Å². The SMILES string of the molecule is COCC(C)(CCO)NC(=O)Cc1ccc(Cl)cc1. The Hall–Kier alpha value is -1.10. The fraction of sp³-hybridized carbons (Fsp3) is 0.500. The Balaban J connectivity index is 2.59. The van der Waals surface area contributed by atoms with Crippen molar-refractivity contribution >= 4 is 17.5 Å². The molecular formula is C14H20ClNO3. The van der Waals surface area contributed by atoms with Crippen LogP contribution in [0, 0.1) is 0 Å². The van der Waals surface area contributed by atoms with Crippen LogP contribution in [0.25, 0.3) is 0 Å². The second kappa shape index (κ2) is 7.48. The van der Waals surface area contributed by atoms with Gasteiger partial charge in [-0.2, -0.15) is 0 Å². The smallest absolute Gasteiger partial charge is 0.224 e. The Labute approximate surface area is 118 Å². The number of amides is 1. The second-order valence-electron chi connectivity index (χ2n) is 4.82. The van der Waals surface area contributed by atoms with E-state index >= 15 is 0 Å². The second-order valence-corrected chi connectivity index (χ2v) is 5.26. The largest absolute Gasteiger partial charge is 0.396 e. The summed E-state index contributed by atoms with van der Waals surface area (Å²) in [5.41, 5.74) is 0.346. The first kappa shape index (κ1) is 16.0. The summed E-state index contributed by atoms with van der Waals surface area (Å²) in [6, 6.07) is 7.15. The molecule has 0 aliphatic carbocycles. The van der Waals surface area contributed by atoms with Crippen LogP contribution in [0.5, 0.6) is 0 Å². The Morgan fingerprint density at radius 3 is 2.58 bits per heavy atom. The fourth-order valence-corrected chi connectivity index (χ4v) is 2.03. The van der Waals surface area contributed by atoms with Gasteiger partial charge in [0.15, 0.2) is 0 Å². The van der Waals surface area contributed by atoms with Crippen molar-refractivity contribution in [3.8, 4) is 0 Å². The molecule has 0 aliphatic heterocycles.